The van der Waals surface area contributed by atoms with Gasteiger partial charge < -0.3 is 5.11 Å². The van der Waals surface area contributed by atoms with Crippen LogP contribution in [-0.2, 0) is 0 Å². The molecule has 0 radical (unpaired) electrons. The molecule has 6 nitrogen and oxygen atoms in total. The van der Waals surface area contributed by atoms with Gasteiger partial charge in [0.1, 0.15) is 5.56 Å². The van der Waals surface area contributed by atoms with Gasteiger partial charge in [-0.15, -0.1) is 0 Å². The van der Waals surface area contributed by atoms with Crippen LogP contribution >= 0.6 is 0 Å². The molecule has 0 atom stereocenters. The maximum atomic E-state index is 12.1. The molecule has 0 saturated heterocycles. The predicted molar refractivity (Wildman–Crippen MR) is 78.7 cm³/mol. The summed E-state index contributed by atoms with van der Waals surface area (Å²) in [4.78, 5) is 36.8. The van der Waals surface area contributed by atoms with Crippen LogP contribution in [0.4, 0.5) is 0 Å². The number of aromatic amines is 1. The molecule has 1 aliphatic rings. The van der Waals surface area contributed by atoms with Crippen molar-refractivity contribution in [2.45, 2.75) is 53.0 Å². The summed E-state index contributed by atoms with van der Waals surface area (Å²) in [6, 6.07) is -0.105. The van der Waals surface area contributed by atoms with Crippen LogP contribution in [0.5, 0.6) is 0 Å². The number of nitrogens with zero attached hydrogens (tertiary/aromatic N) is 1. The molecule has 0 unspecified atom stereocenters. The Kier molecular flexibility index (Phi) is 3.59. The second-order valence-electron chi connectivity index (χ2n) is 7.58. The molecule has 1 heterocycles. The van der Waals surface area contributed by atoms with E-state index < -0.39 is 22.8 Å². The van der Waals surface area contributed by atoms with Crippen LogP contribution in [0.3, 0.4) is 0 Å². The lowest BCUT2D eigenvalue weighted by molar-refractivity contribution is 0.0672. The van der Waals surface area contributed by atoms with E-state index in [-0.39, 0.29) is 16.9 Å². The number of carbonyl (C=O) groups is 1. The number of nitrogens with one attached hydrogen (secondary N) is 1. The zero-order chi connectivity index (χ0) is 16.0. The zero-order valence-electron chi connectivity index (χ0n) is 12.9. The molecule has 0 spiro atoms. The molecule has 1 fully saturated rings. The minimum Gasteiger partial charge on any atom is -0.477 e. The summed E-state index contributed by atoms with van der Waals surface area (Å²) in [6.45, 7) is 8.59. The van der Waals surface area contributed by atoms with Crippen molar-refractivity contribution in [3.05, 3.63) is 32.6 Å². The van der Waals surface area contributed by atoms with Crippen LogP contribution in [0.2, 0.25) is 0 Å². The molecule has 116 valence electrons. The first kappa shape index (κ1) is 15.5. The van der Waals surface area contributed by atoms with Crippen LogP contribution in [0.15, 0.2) is 15.8 Å². The maximum absolute atomic E-state index is 12.1. The lowest BCUT2D eigenvalue weighted by Gasteiger charge is -2.45. The molecule has 0 bridgehead atoms. The average molecular weight is 294 g/mol. The summed E-state index contributed by atoms with van der Waals surface area (Å²) in [5, 5.41) is 9.05. The van der Waals surface area contributed by atoms with Crippen molar-refractivity contribution in [2.24, 2.45) is 10.8 Å². The van der Waals surface area contributed by atoms with E-state index >= 15 is 0 Å². The van der Waals surface area contributed by atoms with Gasteiger partial charge in [-0.2, -0.15) is 0 Å². The predicted octanol–water partition coefficient (Wildman–Crippen LogP) is 2.01. The third kappa shape index (κ3) is 3.25. The smallest absolute Gasteiger partial charge is 0.342 e. The quantitative estimate of drug-likeness (QED) is 0.872. The monoisotopic (exact) mass is 294 g/mol. The van der Waals surface area contributed by atoms with Crippen molar-refractivity contribution < 1.29 is 9.90 Å². The van der Waals surface area contributed by atoms with E-state index in [1.165, 1.54) is 10.8 Å². The summed E-state index contributed by atoms with van der Waals surface area (Å²) >= 11 is 0. The van der Waals surface area contributed by atoms with Crippen molar-refractivity contribution in [2.75, 3.05) is 0 Å². The Bertz CT molecular complexity index is 666. The molecule has 0 aromatic carbocycles. The van der Waals surface area contributed by atoms with Gasteiger partial charge in [-0.1, -0.05) is 27.7 Å². The molecular formula is C15H22N2O4. The van der Waals surface area contributed by atoms with E-state index in [4.69, 9.17) is 5.11 Å². The molecule has 1 aromatic heterocycles. The van der Waals surface area contributed by atoms with Gasteiger partial charge in [-0.05, 0) is 30.1 Å². The van der Waals surface area contributed by atoms with Gasteiger partial charge in [0, 0.05) is 12.2 Å². The molecule has 2 rings (SSSR count). The lowest BCUT2D eigenvalue weighted by Crippen LogP contribution is -2.41. The standard InChI is InChI=1S/C15H22N2O4/c1-14(2)5-9(6-15(3,4)8-14)17-7-10(12(19)20)11(18)16-13(17)21/h7,9H,5-6,8H2,1-4H3,(H,19,20)(H,16,18,21). The molecule has 0 aliphatic heterocycles. The lowest BCUT2D eigenvalue weighted by atomic mass is 9.63. The van der Waals surface area contributed by atoms with E-state index in [9.17, 15) is 14.4 Å². The summed E-state index contributed by atoms with van der Waals surface area (Å²) in [5.41, 5.74) is -1.66. The molecule has 21 heavy (non-hydrogen) atoms. The van der Waals surface area contributed by atoms with Gasteiger partial charge in [0.05, 0.1) is 0 Å². The van der Waals surface area contributed by atoms with Crippen molar-refractivity contribution in [3.63, 3.8) is 0 Å². The Hall–Kier alpha value is -1.85. The number of hydrogen-bond donors (Lipinski definition) is 2. The Balaban J connectivity index is 2.51. The highest BCUT2D eigenvalue weighted by Crippen LogP contribution is 2.49. The second kappa shape index (κ2) is 4.86. The van der Waals surface area contributed by atoms with Crippen molar-refractivity contribution in [1.82, 2.24) is 9.55 Å². The SMILES string of the molecule is CC1(C)CC(n2cc(C(=O)O)c(=O)[nH]c2=O)CC(C)(C)C1. The number of H-pyrrole nitrogens is 1. The largest absolute Gasteiger partial charge is 0.477 e. The van der Waals surface area contributed by atoms with Gasteiger partial charge in [0.25, 0.3) is 5.56 Å². The molecule has 2 N–H and O–H groups in total. The fourth-order valence-corrected chi connectivity index (χ4v) is 3.89. The van der Waals surface area contributed by atoms with E-state index in [0.29, 0.717) is 0 Å². The highest BCUT2D eigenvalue weighted by atomic mass is 16.4. The maximum Gasteiger partial charge on any atom is 0.342 e. The third-order valence-corrected chi connectivity index (χ3v) is 4.13. The first-order chi connectivity index (χ1) is 9.51. The number of aromatic nitrogens is 2. The van der Waals surface area contributed by atoms with E-state index in [2.05, 4.69) is 32.7 Å². The topological polar surface area (TPSA) is 92.2 Å². The normalized spacial score (nSPS) is 21.1. The van der Waals surface area contributed by atoms with Crippen LogP contribution < -0.4 is 11.2 Å². The third-order valence-electron chi connectivity index (χ3n) is 4.13. The first-order valence-electron chi connectivity index (χ1n) is 7.10. The second-order valence-corrected chi connectivity index (χ2v) is 7.58. The number of aromatic carboxylic acids is 1. The molecule has 1 aliphatic carbocycles. The van der Waals surface area contributed by atoms with Crippen LogP contribution in [0.1, 0.15) is 63.4 Å². The van der Waals surface area contributed by atoms with Crippen LogP contribution in [0.25, 0.3) is 0 Å². The number of carboxylic acid groups (broad SMARTS) is 1. The number of carboxylic acids is 1. The Morgan fingerprint density at radius 2 is 1.76 bits per heavy atom. The Morgan fingerprint density at radius 3 is 2.24 bits per heavy atom. The summed E-state index contributed by atoms with van der Waals surface area (Å²) in [6.07, 6.45) is 3.79. The minimum atomic E-state index is -1.32. The van der Waals surface area contributed by atoms with Crippen LogP contribution in [0, 0.1) is 10.8 Å². The van der Waals surface area contributed by atoms with Crippen molar-refractivity contribution in [1.29, 1.82) is 0 Å². The molecule has 1 saturated carbocycles. The van der Waals surface area contributed by atoms with Crippen LogP contribution in [-0.4, -0.2) is 20.6 Å². The molecule has 1 aromatic rings. The highest BCUT2D eigenvalue weighted by molar-refractivity contribution is 5.86. The average Bonchev–Trinajstić information content (AvgIpc) is 2.23. The number of rotatable bonds is 2. The fraction of sp³-hybridized carbons (Fsp3) is 0.667. The summed E-state index contributed by atoms with van der Waals surface area (Å²) < 4.78 is 1.38. The summed E-state index contributed by atoms with van der Waals surface area (Å²) in [5.74, 6) is -1.32. The van der Waals surface area contributed by atoms with Crippen molar-refractivity contribution >= 4 is 5.97 Å². The molecule has 6 heteroatoms. The molecule has 0 amide bonds. The van der Waals surface area contributed by atoms with Gasteiger partial charge in [-0.25, -0.2) is 9.59 Å². The number of hydrogen-bond acceptors (Lipinski definition) is 3. The van der Waals surface area contributed by atoms with E-state index in [1.54, 1.807) is 0 Å². The summed E-state index contributed by atoms with van der Waals surface area (Å²) in [7, 11) is 0. The van der Waals surface area contributed by atoms with Gasteiger partial charge in [0.2, 0.25) is 0 Å². The van der Waals surface area contributed by atoms with Gasteiger partial charge in [0.15, 0.2) is 0 Å². The Labute approximate surface area is 122 Å². The Morgan fingerprint density at radius 1 is 1.24 bits per heavy atom. The van der Waals surface area contributed by atoms with Gasteiger partial charge >= 0.3 is 11.7 Å². The minimum absolute atomic E-state index is 0.0609. The zero-order valence-corrected chi connectivity index (χ0v) is 12.9. The fourth-order valence-electron chi connectivity index (χ4n) is 3.89. The molecular weight excluding hydrogens is 272 g/mol. The highest BCUT2D eigenvalue weighted by Gasteiger charge is 2.39. The van der Waals surface area contributed by atoms with Gasteiger partial charge in [-0.3, -0.25) is 14.3 Å². The first-order valence-corrected chi connectivity index (χ1v) is 7.10. The van der Waals surface area contributed by atoms with E-state index in [1.807, 2.05) is 0 Å². The van der Waals surface area contributed by atoms with Crippen molar-refractivity contribution in [3.8, 4) is 0 Å². The van der Waals surface area contributed by atoms with E-state index in [0.717, 1.165) is 19.3 Å².